The van der Waals surface area contributed by atoms with Crippen molar-refractivity contribution in [3.63, 3.8) is 0 Å². The van der Waals surface area contributed by atoms with Crippen molar-refractivity contribution in [1.82, 2.24) is 0 Å². The highest BCUT2D eigenvalue weighted by Crippen LogP contribution is 2.19. The summed E-state index contributed by atoms with van der Waals surface area (Å²) < 4.78 is 38.6. The Morgan fingerprint density at radius 3 is 1.81 bits per heavy atom. The molecule has 2 aromatic carbocycles. The summed E-state index contributed by atoms with van der Waals surface area (Å²) in [6.45, 7) is 1.85. The molecule has 0 N–H and O–H groups in total. The summed E-state index contributed by atoms with van der Waals surface area (Å²) >= 11 is 0. The molecule has 0 aromatic heterocycles. The summed E-state index contributed by atoms with van der Waals surface area (Å²) in [5, 5.41) is 0. The Hall–Kier alpha value is -2.31. The summed E-state index contributed by atoms with van der Waals surface area (Å²) in [6, 6.07) is 15.2. The van der Waals surface area contributed by atoms with Gasteiger partial charge in [0, 0.05) is 0 Å². The lowest BCUT2D eigenvalue weighted by molar-refractivity contribution is 0.0325. The van der Waals surface area contributed by atoms with Crippen molar-refractivity contribution in [3.8, 4) is 17.2 Å². The van der Waals surface area contributed by atoms with Crippen molar-refractivity contribution in [2.45, 2.75) is 6.61 Å². The van der Waals surface area contributed by atoms with Gasteiger partial charge in [-0.1, -0.05) is 12.1 Å². The van der Waals surface area contributed by atoms with Crippen LogP contribution in [0.4, 0.5) is 4.39 Å². The van der Waals surface area contributed by atoms with E-state index < -0.39 is 6.67 Å². The summed E-state index contributed by atoms with van der Waals surface area (Å²) in [5.41, 5.74) is 1.07. The Morgan fingerprint density at radius 2 is 1.19 bits per heavy atom. The van der Waals surface area contributed by atoms with Crippen LogP contribution in [0.5, 0.6) is 17.2 Å². The van der Waals surface area contributed by atoms with Crippen LogP contribution in [0.1, 0.15) is 5.56 Å². The topological polar surface area (TPSA) is 46.2 Å². The molecule has 0 bridgehead atoms. The van der Waals surface area contributed by atoms with Crippen LogP contribution < -0.4 is 14.2 Å². The van der Waals surface area contributed by atoms with Crippen molar-refractivity contribution < 1.29 is 28.1 Å². The van der Waals surface area contributed by atoms with E-state index in [1.54, 1.807) is 7.11 Å². The number of alkyl halides is 1. The number of methoxy groups -OCH3 is 1. The van der Waals surface area contributed by atoms with Crippen LogP contribution in [0.3, 0.4) is 0 Å². The number of hydrogen-bond donors (Lipinski definition) is 0. The third-order valence-electron chi connectivity index (χ3n) is 3.48. The molecule has 0 amide bonds. The predicted octanol–water partition coefficient (Wildman–Crippen LogP) is 3.66. The van der Waals surface area contributed by atoms with Gasteiger partial charge in [-0.05, 0) is 42.0 Å². The first-order valence-electron chi connectivity index (χ1n) is 8.52. The van der Waals surface area contributed by atoms with E-state index in [1.165, 1.54) is 0 Å². The molecule has 142 valence electrons. The molecule has 0 spiro atoms. The molecule has 2 aromatic rings. The van der Waals surface area contributed by atoms with E-state index in [2.05, 4.69) is 0 Å². The first-order valence-corrected chi connectivity index (χ1v) is 8.52. The highest BCUT2D eigenvalue weighted by atomic mass is 18.2. The zero-order valence-electron chi connectivity index (χ0n) is 15.0. The standard InChI is InChI=1S/C20H25FO5/c1-22-18-4-2-17(3-5-18)16-26-20-8-6-19(7-9-20)25-15-14-24-13-12-23-11-10-21/h2-9H,10-16H2,1H3/i21-1. The Labute approximate surface area is 153 Å². The molecule has 0 aliphatic rings. The quantitative estimate of drug-likeness (QED) is 0.508. The first kappa shape index (κ1) is 20.0. The van der Waals surface area contributed by atoms with Crippen molar-refractivity contribution >= 4 is 0 Å². The van der Waals surface area contributed by atoms with Crippen LogP contribution in [0.25, 0.3) is 0 Å². The summed E-state index contributed by atoms with van der Waals surface area (Å²) in [6.07, 6.45) is 0. The number of halogens is 1. The molecular formula is C20H25FO5. The SMILES string of the molecule is COc1ccc(COc2ccc(OCCOCCOCC[18F])cc2)cc1. The normalized spacial score (nSPS) is 10.5. The molecule has 0 saturated carbocycles. The molecule has 6 heteroatoms. The zero-order valence-corrected chi connectivity index (χ0v) is 15.0. The van der Waals surface area contributed by atoms with E-state index in [-0.39, 0.29) is 6.61 Å². The third-order valence-corrected chi connectivity index (χ3v) is 3.48. The van der Waals surface area contributed by atoms with Crippen LogP contribution in [-0.4, -0.2) is 46.8 Å². The molecule has 0 heterocycles. The monoisotopic (exact) mass is 363 g/mol. The van der Waals surface area contributed by atoms with Gasteiger partial charge < -0.3 is 23.7 Å². The van der Waals surface area contributed by atoms with E-state index in [1.807, 2.05) is 48.5 Å². The minimum Gasteiger partial charge on any atom is -0.497 e. The van der Waals surface area contributed by atoms with Crippen LogP contribution in [0.2, 0.25) is 0 Å². The number of benzene rings is 2. The molecule has 0 aliphatic heterocycles. The van der Waals surface area contributed by atoms with Crippen LogP contribution in [0.15, 0.2) is 48.5 Å². The predicted molar refractivity (Wildman–Crippen MR) is 96.9 cm³/mol. The molecule has 0 radical (unpaired) electrons. The van der Waals surface area contributed by atoms with Crippen molar-refractivity contribution in [2.24, 2.45) is 0 Å². The van der Waals surface area contributed by atoms with Gasteiger partial charge in [0.15, 0.2) is 0 Å². The first-order chi connectivity index (χ1) is 12.8. The van der Waals surface area contributed by atoms with Crippen molar-refractivity contribution in [1.29, 1.82) is 0 Å². The minimum atomic E-state index is -0.469. The van der Waals surface area contributed by atoms with Gasteiger partial charge in [-0.25, -0.2) is 4.39 Å². The summed E-state index contributed by atoms with van der Waals surface area (Å²) in [5.74, 6) is 2.35. The lowest BCUT2D eigenvalue weighted by Gasteiger charge is -2.09. The van der Waals surface area contributed by atoms with Crippen molar-refractivity contribution in [3.05, 3.63) is 54.1 Å². The fraction of sp³-hybridized carbons (Fsp3) is 0.400. The molecule has 0 atom stereocenters. The third kappa shape index (κ3) is 7.72. The van der Waals surface area contributed by atoms with Gasteiger partial charge in [-0.3, -0.25) is 0 Å². The maximum Gasteiger partial charge on any atom is 0.120 e. The Bertz CT molecular complexity index is 601. The van der Waals surface area contributed by atoms with Crippen LogP contribution in [0, 0.1) is 0 Å². The lowest BCUT2D eigenvalue weighted by atomic mass is 10.2. The van der Waals surface area contributed by atoms with Gasteiger partial charge in [0.2, 0.25) is 0 Å². The van der Waals surface area contributed by atoms with E-state index in [0.717, 1.165) is 22.8 Å². The van der Waals surface area contributed by atoms with E-state index in [9.17, 15) is 4.39 Å². The van der Waals surface area contributed by atoms with Gasteiger partial charge in [0.1, 0.15) is 37.1 Å². The summed E-state index contributed by atoms with van der Waals surface area (Å²) in [4.78, 5) is 0. The van der Waals surface area contributed by atoms with Gasteiger partial charge in [-0.2, -0.15) is 0 Å². The molecular weight excluding hydrogens is 338 g/mol. The van der Waals surface area contributed by atoms with E-state index in [0.29, 0.717) is 33.0 Å². The van der Waals surface area contributed by atoms with E-state index in [4.69, 9.17) is 23.7 Å². The van der Waals surface area contributed by atoms with Crippen LogP contribution in [-0.2, 0) is 16.1 Å². The van der Waals surface area contributed by atoms with Gasteiger partial charge in [0.05, 0.1) is 33.5 Å². The highest BCUT2D eigenvalue weighted by Gasteiger charge is 1.99. The van der Waals surface area contributed by atoms with Gasteiger partial charge in [-0.15, -0.1) is 0 Å². The minimum absolute atomic E-state index is 0.118. The fourth-order valence-electron chi connectivity index (χ4n) is 2.12. The van der Waals surface area contributed by atoms with Crippen LogP contribution >= 0.6 is 0 Å². The zero-order chi connectivity index (χ0) is 18.5. The Balaban J connectivity index is 1.61. The number of hydrogen-bond acceptors (Lipinski definition) is 5. The Morgan fingerprint density at radius 1 is 0.654 bits per heavy atom. The van der Waals surface area contributed by atoms with Gasteiger partial charge >= 0.3 is 0 Å². The fourth-order valence-corrected chi connectivity index (χ4v) is 2.12. The van der Waals surface area contributed by atoms with Gasteiger partial charge in [0.25, 0.3) is 0 Å². The number of rotatable bonds is 13. The second kappa shape index (κ2) is 12.1. The largest absolute Gasteiger partial charge is 0.497 e. The lowest BCUT2D eigenvalue weighted by Crippen LogP contribution is -2.11. The average molecular weight is 363 g/mol. The molecule has 0 saturated heterocycles. The number of ether oxygens (including phenoxy) is 5. The maximum atomic E-state index is 11.8. The maximum absolute atomic E-state index is 11.8. The molecule has 0 unspecified atom stereocenters. The second-order valence-corrected chi connectivity index (χ2v) is 5.37. The van der Waals surface area contributed by atoms with Crippen molar-refractivity contribution in [2.75, 3.05) is 46.8 Å². The molecule has 2 rings (SSSR count). The average Bonchev–Trinajstić information content (AvgIpc) is 2.69. The molecule has 26 heavy (non-hydrogen) atoms. The molecule has 5 nitrogen and oxygen atoms in total. The second-order valence-electron chi connectivity index (χ2n) is 5.37. The molecule has 0 fully saturated rings. The molecule has 0 aliphatic carbocycles. The Kier molecular flexibility index (Phi) is 9.32. The summed E-state index contributed by atoms with van der Waals surface area (Å²) in [7, 11) is 1.64. The highest BCUT2D eigenvalue weighted by molar-refractivity contribution is 5.32. The smallest absolute Gasteiger partial charge is 0.120 e. The van der Waals surface area contributed by atoms with E-state index >= 15 is 0 Å².